The average molecular weight is 394 g/mol. The van der Waals surface area contributed by atoms with Crippen LogP contribution in [-0.2, 0) is 10.0 Å². The first-order valence-corrected chi connectivity index (χ1v) is 10.3. The number of rotatable bonds is 5. The molecule has 3 aromatic rings. The van der Waals surface area contributed by atoms with Crippen molar-refractivity contribution in [1.82, 2.24) is 0 Å². The molecule has 0 fully saturated rings. The fourth-order valence-electron chi connectivity index (χ4n) is 2.88. The molecule has 0 spiro atoms. The third kappa shape index (κ3) is 4.40. The van der Waals surface area contributed by atoms with E-state index in [-0.39, 0.29) is 10.8 Å². The Labute approximate surface area is 165 Å². The van der Waals surface area contributed by atoms with Crippen LogP contribution in [0.1, 0.15) is 27.0 Å². The molecule has 2 N–H and O–H groups in total. The Morgan fingerprint density at radius 3 is 2.14 bits per heavy atom. The van der Waals surface area contributed by atoms with Crippen LogP contribution in [0, 0.1) is 20.8 Å². The summed E-state index contributed by atoms with van der Waals surface area (Å²) in [6.07, 6.45) is 0. The van der Waals surface area contributed by atoms with Crippen LogP contribution in [0.2, 0.25) is 0 Å². The zero-order valence-electron chi connectivity index (χ0n) is 16.0. The fraction of sp³-hybridized carbons (Fsp3) is 0.136. The second-order valence-electron chi connectivity index (χ2n) is 6.72. The standard InChI is InChI=1S/C22H22N2O3S/c1-15-8-13-20(17(3)14-15)22(25)23-18-9-11-19(12-10-18)28(26,27)24-21-7-5-4-6-16(21)2/h4-14,24H,1-3H3,(H,23,25). The normalized spacial score (nSPS) is 11.1. The van der Waals surface area contributed by atoms with E-state index in [4.69, 9.17) is 0 Å². The highest BCUT2D eigenvalue weighted by molar-refractivity contribution is 7.92. The summed E-state index contributed by atoms with van der Waals surface area (Å²) in [5, 5.41) is 2.80. The minimum atomic E-state index is -3.71. The van der Waals surface area contributed by atoms with E-state index in [1.807, 2.05) is 45.0 Å². The molecule has 0 aliphatic heterocycles. The SMILES string of the molecule is Cc1ccc(C(=O)Nc2ccc(S(=O)(=O)Nc3ccccc3C)cc2)c(C)c1. The predicted octanol–water partition coefficient (Wildman–Crippen LogP) is 4.66. The van der Waals surface area contributed by atoms with Crippen molar-refractivity contribution in [2.75, 3.05) is 10.0 Å². The quantitative estimate of drug-likeness (QED) is 0.661. The van der Waals surface area contributed by atoms with Gasteiger partial charge in [0.15, 0.2) is 0 Å². The highest BCUT2D eigenvalue weighted by atomic mass is 32.2. The Bertz CT molecular complexity index is 1120. The molecule has 0 aromatic heterocycles. The molecule has 0 saturated heterocycles. The summed E-state index contributed by atoms with van der Waals surface area (Å²) in [7, 11) is -3.71. The zero-order chi connectivity index (χ0) is 20.3. The van der Waals surface area contributed by atoms with Crippen LogP contribution in [0.15, 0.2) is 71.6 Å². The Morgan fingerprint density at radius 2 is 1.50 bits per heavy atom. The maximum Gasteiger partial charge on any atom is 0.261 e. The lowest BCUT2D eigenvalue weighted by Crippen LogP contribution is -2.15. The summed E-state index contributed by atoms with van der Waals surface area (Å²) in [6.45, 7) is 5.69. The van der Waals surface area contributed by atoms with Gasteiger partial charge in [-0.2, -0.15) is 0 Å². The van der Waals surface area contributed by atoms with Gasteiger partial charge in [0.05, 0.1) is 10.6 Å². The number of benzene rings is 3. The lowest BCUT2D eigenvalue weighted by Gasteiger charge is -2.12. The molecule has 0 radical (unpaired) electrons. The number of amides is 1. The largest absolute Gasteiger partial charge is 0.322 e. The smallest absolute Gasteiger partial charge is 0.261 e. The van der Waals surface area contributed by atoms with Gasteiger partial charge in [-0.25, -0.2) is 8.42 Å². The molecule has 0 bridgehead atoms. The third-order valence-corrected chi connectivity index (χ3v) is 5.82. The predicted molar refractivity (Wildman–Crippen MR) is 112 cm³/mol. The molecule has 0 heterocycles. The van der Waals surface area contributed by atoms with Gasteiger partial charge in [-0.15, -0.1) is 0 Å². The van der Waals surface area contributed by atoms with Gasteiger partial charge < -0.3 is 5.32 Å². The first kappa shape index (κ1) is 19.6. The molecule has 3 aromatic carbocycles. The van der Waals surface area contributed by atoms with Crippen molar-refractivity contribution in [1.29, 1.82) is 0 Å². The molecule has 144 valence electrons. The van der Waals surface area contributed by atoms with Gasteiger partial charge in [-0.3, -0.25) is 9.52 Å². The molecule has 0 aliphatic carbocycles. The van der Waals surface area contributed by atoms with Crippen molar-refractivity contribution in [3.63, 3.8) is 0 Å². The molecule has 28 heavy (non-hydrogen) atoms. The van der Waals surface area contributed by atoms with E-state index in [1.165, 1.54) is 12.1 Å². The van der Waals surface area contributed by atoms with Gasteiger partial charge in [0.2, 0.25) is 0 Å². The van der Waals surface area contributed by atoms with Crippen LogP contribution in [-0.4, -0.2) is 14.3 Å². The topological polar surface area (TPSA) is 75.3 Å². The molecule has 0 aliphatic rings. The molecule has 0 saturated carbocycles. The van der Waals surface area contributed by atoms with Gasteiger partial charge in [0, 0.05) is 11.3 Å². The Kier molecular flexibility index (Phi) is 5.51. The third-order valence-electron chi connectivity index (χ3n) is 4.44. The summed E-state index contributed by atoms with van der Waals surface area (Å²) in [5.41, 5.74) is 4.46. The second kappa shape index (κ2) is 7.86. The monoisotopic (exact) mass is 394 g/mol. The highest BCUT2D eigenvalue weighted by Crippen LogP contribution is 2.21. The van der Waals surface area contributed by atoms with E-state index < -0.39 is 10.0 Å². The van der Waals surface area contributed by atoms with Crippen LogP contribution >= 0.6 is 0 Å². The molecule has 1 amide bonds. The summed E-state index contributed by atoms with van der Waals surface area (Å²) in [6, 6.07) is 18.9. The van der Waals surface area contributed by atoms with Gasteiger partial charge in [0.1, 0.15) is 0 Å². The summed E-state index contributed by atoms with van der Waals surface area (Å²) in [4.78, 5) is 12.6. The van der Waals surface area contributed by atoms with Crippen LogP contribution < -0.4 is 10.0 Å². The molecule has 0 atom stereocenters. The van der Waals surface area contributed by atoms with E-state index in [0.717, 1.165) is 16.7 Å². The fourth-order valence-corrected chi connectivity index (χ4v) is 4.01. The van der Waals surface area contributed by atoms with E-state index in [0.29, 0.717) is 16.9 Å². The van der Waals surface area contributed by atoms with Crippen LogP contribution in [0.5, 0.6) is 0 Å². The number of hydrogen-bond donors (Lipinski definition) is 2. The van der Waals surface area contributed by atoms with E-state index in [1.54, 1.807) is 30.3 Å². The Morgan fingerprint density at radius 1 is 0.821 bits per heavy atom. The number of carbonyl (C=O) groups is 1. The van der Waals surface area contributed by atoms with Crippen molar-refractivity contribution in [2.45, 2.75) is 25.7 Å². The van der Waals surface area contributed by atoms with Crippen molar-refractivity contribution in [3.8, 4) is 0 Å². The van der Waals surface area contributed by atoms with Crippen LogP contribution in [0.3, 0.4) is 0 Å². The van der Waals surface area contributed by atoms with E-state index in [2.05, 4.69) is 10.0 Å². The molecule has 6 heteroatoms. The van der Waals surface area contributed by atoms with Gasteiger partial charge in [0.25, 0.3) is 15.9 Å². The number of hydrogen-bond acceptors (Lipinski definition) is 3. The maximum atomic E-state index is 12.6. The highest BCUT2D eigenvalue weighted by Gasteiger charge is 2.16. The van der Waals surface area contributed by atoms with Gasteiger partial charge in [-0.1, -0.05) is 35.9 Å². The first-order valence-electron chi connectivity index (χ1n) is 8.83. The maximum absolute atomic E-state index is 12.6. The van der Waals surface area contributed by atoms with E-state index in [9.17, 15) is 13.2 Å². The minimum absolute atomic E-state index is 0.125. The van der Waals surface area contributed by atoms with Crippen molar-refractivity contribution < 1.29 is 13.2 Å². The summed E-state index contributed by atoms with van der Waals surface area (Å²) >= 11 is 0. The Balaban J connectivity index is 1.76. The summed E-state index contributed by atoms with van der Waals surface area (Å²) < 4.78 is 27.8. The number of aryl methyl sites for hydroxylation is 3. The number of para-hydroxylation sites is 1. The van der Waals surface area contributed by atoms with Crippen molar-refractivity contribution in [2.24, 2.45) is 0 Å². The molecular weight excluding hydrogens is 372 g/mol. The summed E-state index contributed by atoms with van der Waals surface area (Å²) in [5.74, 6) is -0.230. The molecular formula is C22H22N2O3S. The lowest BCUT2D eigenvalue weighted by atomic mass is 10.1. The number of anilines is 2. The average Bonchev–Trinajstić information content (AvgIpc) is 2.64. The molecule has 5 nitrogen and oxygen atoms in total. The molecule has 3 rings (SSSR count). The lowest BCUT2D eigenvalue weighted by molar-refractivity contribution is 0.102. The second-order valence-corrected chi connectivity index (χ2v) is 8.40. The first-order chi connectivity index (χ1) is 13.3. The van der Waals surface area contributed by atoms with E-state index >= 15 is 0 Å². The van der Waals surface area contributed by atoms with Crippen LogP contribution in [0.4, 0.5) is 11.4 Å². The number of sulfonamides is 1. The van der Waals surface area contributed by atoms with Crippen LogP contribution in [0.25, 0.3) is 0 Å². The molecule has 0 unspecified atom stereocenters. The minimum Gasteiger partial charge on any atom is -0.322 e. The van der Waals surface area contributed by atoms with Gasteiger partial charge >= 0.3 is 0 Å². The zero-order valence-corrected chi connectivity index (χ0v) is 16.8. The number of carbonyl (C=O) groups excluding carboxylic acids is 1. The van der Waals surface area contributed by atoms with Gasteiger partial charge in [-0.05, 0) is 68.3 Å². The van der Waals surface area contributed by atoms with Crippen molar-refractivity contribution >= 4 is 27.3 Å². The Hall–Kier alpha value is -3.12. The van der Waals surface area contributed by atoms with Crippen molar-refractivity contribution in [3.05, 3.63) is 89.0 Å². The number of nitrogens with one attached hydrogen (secondary N) is 2.